The van der Waals surface area contributed by atoms with Crippen LogP contribution in [0.4, 0.5) is 4.39 Å². The molecule has 2 aliphatic heterocycles. The van der Waals surface area contributed by atoms with Gasteiger partial charge in [-0.3, -0.25) is 9.78 Å². The average Bonchev–Trinajstić information content (AvgIpc) is 2.77. The molecule has 2 fully saturated rings. The molecule has 4 nitrogen and oxygen atoms in total. The van der Waals surface area contributed by atoms with Gasteiger partial charge < -0.3 is 9.64 Å². The minimum atomic E-state index is -0.174. The predicted octanol–water partition coefficient (Wildman–Crippen LogP) is 4.48. The molecule has 0 radical (unpaired) electrons. The highest BCUT2D eigenvalue weighted by Gasteiger charge is 2.27. The fourth-order valence-electron chi connectivity index (χ4n) is 4.36. The van der Waals surface area contributed by atoms with Gasteiger partial charge in [0.1, 0.15) is 5.82 Å². The fraction of sp³-hybridized carbons (Fsp3) is 0.500. The van der Waals surface area contributed by atoms with Gasteiger partial charge in [0.2, 0.25) is 5.91 Å². The lowest BCUT2D eigenvalue weighted by atomic mass is 9.92. The number of hydrogen-bond acceptors (Lipinski definition) is 3. The summed E-state index contributed by atoms with van der Waals surface area (Å²) in [6, 6.07) is 11.0. The van der Waals surface area contributed by atoms with Crippen LogP contribution < -0.4 is 0 Å². The van der Waals surface area contributed by atoms with E-state index in [0.717, 1.165) is 56.6 Å². The van der Waals surface area contributed by atoms with Crippen LogP contribution in [0.5, 0.6) is 0 Å². The maximum absolute atomic E-state index is 13.8. The third-order valence-electron chi connectivity index (χ3n) is 6.14. The smallest absolute Gasteiger partial charge is 0.225 e. The molecule has 1 aromatic carbocycles. The monoisotopic (exact) mass is 396 g/mol. The van der Waals surface area contributed by atoms with Crippen molar-refractivity contribution in [2.75, 3.05) is 19.7 Å². The second-order valence-electron chi connectivity index (χ2n) is 8.21. The molecule has 4 rings (SSSR count). The highest BCUT2D eigenvalue weighted by Crippen LogP contribution is 2.28. The van der Waals surface area contributed by atoms with Crippen molar-refractivity contribution >= 4 is 5.91 Å². The Balaban J connectivity index is 1.28. The topological polar surface area (TPSA) is 42.4 Å². The summed E-state index contributed by atoms with van der Waals surface area (Å²) in [5.41, 5.74) is 2.78. The molecule has 0 N–H and O–H groups in total. The summed E-state index contributed by atoms with van der Waals surface area (Å²) in [7, 11) is 0. The lowest BCUT2D eigenvalue weighted by molar-refractivity contribution is -0.136. The maximum atomic E-state index is 13.8. The van der Waals surface area contributed by atoms with E-state index in [-0.39, 0.29) is 17.8 Å². The molecule has 0 spiro atoms. The molecule has 2 aromatic rings. The van der Waals surface area contributed by atoms with Crippen LogP contribution in [-0.2, 0) is 16.0 Å². The minimum absolute atomic E-state index is 0.109. The van der Waals surface area contributed by atoms with Crippen molar-refractivity contribution in [2.24, 2.45) is 0 Å². The molecule has 29 heavy (non-hydrogen) atoms. The first-order chi connectivity index (χ1) is 14.2. The molecule has 1 unspecified atom stereocenters. The number of ether oxygens (including phenoxy) is 1. The molecule has 1 atom stereocenters. The van der Waals surface area contributed by atoms with Crippen molar-refractivity contribution in [1.82, 2.24) is 9.88 Å². The van der Waals surface area contributed by atoms with Gasteiger partial charge in [-0.2, -0.15) is 0 Å². The predicted molar refractivity (Wildman–Crippen MR) is 110 cm³/mol. The molecule has 1 aromatic heterocycles. The SMILES string of the molecule is O=C(CC1CCCCO1)N1CCC(c2ccc(Cc3ccccc3F)cn2)CC1. The van der Waals surface area contributed by atoms with Crippen LogP contribution >= 0.6 is 0 Å². The summed E-state index contributed by atoms with van der Waals surface area (Å²) in [5, 5.41) is 0. The van der Waals surface area contributed by atoms with E-state index >= 15 is 0 Å². The number of halogens is 1. The summed E-state index contributed by atoms with van der Waals surface area (Å²) in [6.45, 7) is 2.36. The Kier molecular flexibility index (Phi) is 6.55. The van der Waals surface area contributed by atoms with Gasteiger partial charge in [-0.05, 0) is 55.4 Å². The molecule has 0 saturated carbocycles. The Bertz CT molecular complexity index is 810. The Morgan fingerprint density at radius 2 is 1.93 bits per heavy atom. The van der Waals surface area contributed by atoms with Crippen molar-refractivity contribution in [3.63, 3.8) is 0 Å². The Morgan fingerprint density at radius 1 is 1.10 bits per heavy atom. The van der Waals surface area contributed by atoms with Crippen LogP contribution in [0.2, 0.25) is 0 Å². The second-order valence-corrected chi connectivity index (χ2v) is 8.21. The van der Waals surface area contributed by atoms with Gasteiger partial charge in [0.15, 0.2) is 0 Å². The van der Waals surface area contributed by atoms with E-state index < -0.39 is 0 Å². The van der Waals surface area contributed by atoms with Crippen LogP contribution in [0, 0.1) is 5.82 Å². The lowest BCUT2D eigenvalue weighted by Crippen LogP contribution is -2.40. The van der Waals surface area contributed by atoms with E-state index in [4.69, 9.17) is 4.74 Å². The Labute approximate surface area is 172 Å². The zero-order valence-corrected chi connectivity index (χ0v) is 16.9. The molecule has 1 amide bonds. The average molecular weight is 397 g/mol. The van der Waals surface area contributed by atoms with Crippen LogP contribution in [0.25, 0.3) is 0 Å². The van der Waals surface area contributed by atoms with Gasteiger partial charge >= 0.3 is 0 Å². The number of hydrogen-bond donors (Lipinski definition) is 0. The zero-order chi connectivity index (χ0) is 20.1. The molecule has 5 heteroatoms. The summed E-state index contributed by atoms with van der Waals surface area (Å²) < 4.78 is 19.5. The van der Waals surface area contributed by atoms with E-state index in [1.54, 1.807) is 6.07 Å². The number of rotatable bonds is 5. The number of pyridine rings is 1. The summed E-state index contributed by atoms with van der Waals surface area (Å²) in [4.78, 5) is 19.2. The van der Waals surface area contributed by atoms with Crippen molar-refractivity contribution in [2.45, 2.75) is 57.0 Å². The van der Waals surface area contributed by atoms with Crippen molar-refractivity contribution < 1.29 is 13.9 Å². The first kappa shape index (κ1) is 20.0. The fourth-order valence-corrected chi connectivity index (χ4v) is 4.36. The quantitative estimate of drug-likeness (QED) is 0.749. The van der Waals surface area contributed by atoms with Gasteiger partial charge in [0.25, 0.3) is 0 Å². The van der Waals surface area contributed by atoms with Gasteiger partial charge in [-0.1, -0.05) is 24.3 Å². The summed E-state index contributed by atoms with van der Waals surface area (Å²) >= 11 is 0. The third kappa shape index (κ3) is 5.21. The maximum Gasteiger partial charge on any atom is 0.225 e. The summed E-state index contributed by atoms with van der Waals surface area (Å²) in [5.74, 6) is 0.434. The first-order valence-corrected chi connectivity index (χ1v) is 10.8. The summed E-state index contributed by atoms with van der Waals surface area (Å²) in [6.07, 6.45) is 8.21. The molecular formula is C24H29FN2O2. The Morgan fingerprint density at radius 3 is 2.62 bits per heavy atom. The standard InChI is InChI=1S/C24H29FN2O2/c25-22-7-2-1-5-20(22)15-18-8-9-23(26-17-18)19-10-12-27(13-11-19)24(28)16-21-6-3-4-14-29-21/h1-2,5,7-9,17,19,21H,3-4,6,10-16H2. The van der Waals surface area contributed by atoms with E-state index in [9.17, 15) is 9.18 Å². The van der Waals surface area contributed by atoms with E-state index in [0.29, 0.717) is 24.3 Å². The number of carbonyl (C=O) groups is 1. The molecule has 0 aliphatic carbocycles. The number of amides is 1. The highest BCUT2D eigenvalue weighted by atomic mass is 19.1. The number of carbonyl (C=O) groups excluding carboxylic acids is 1. The number of piperidine rings is 1. The van der Waals surface area contributed by atoms with Crippen molar-refractivity contribution in [3.05, 3.63) is 65.2 Å². The minimum Gasteiger partial charge on any atom is -0.378 e. The zero-order valence-electron chi connectivity index (χ0n) is 16.9. The van der Waals surface area contributed by atoms with Gasteiger partial charge in [-0.15, -0.1) is 0 Å². The lowest BCUT2D eigenvalue weighted by Gasteiger charge is -2.33. The molecular weight excluding hydrogens is 367 g/mol. The molecule has 154 valence electrons. The van der Waals surface area contributed by atoms with Gasteiger partial charge in [0.05, 0.1) is 12.5 Å². The number of likely N-dealkylation sites (tertiary alicyclic amines) is 1. The van der Waals surface area contributed by atoms with Crippen LogP contribution in [0.1, 0.15) is 61.3 Å². The normalized spacial score (nSPS) is 20.6. The van der Waals surface area contributed by atoms with Crippen LogP contribution in [0.15, 0.2) is 42.6 Å². The van der Waals surface area contributed by atoms with Crippen LogP contribution in [0.3, 0.4) is 0 Å². The van der Waals surface area contributed by atoms with Gasteiger partial charge in [-0.25, -0.2) is 4.39 Å². The first-order valence-electron chi connectivity index (χ1n) is 10.8. The number of benzene rings is 1. The number of nitrogens with zero attached hydrogens (tertiary/aromatic N) is 2. The van der Waals surface area contributed by atoms with E-state index in [1.165, 1.54) is 12.5 Å². The van der Waals surface area contributed by atoms with Crippen molar-refractivity contribution in [3.8, 4) is 0 Å². The Hall–Kier alpha value is -2.27. The second kappa shape index (κ2) is 9.49. The van der Waals surface area contributed by atoms with E-state index in [2.05, 4.69) is 11.1 Å². The highest BCUT2D eigenvalue weighted by molar-refractivity contribution is 5.76. The third-order valence-corrected chi connectivity index (χ3v) is 6.14. The molecule has 3 heterocycles. The van der Waals surface area contributed by atoms with Crippen molar-refractivity contribution in [1.29, 1.82) is 0 Å². The molecule has 2 aliphatic rings. The van der Waals surface area contributed by atoms with Crippen LogP contribution in [-0.4, -0.2) is 41.6 Å². The van der Waals surface area contributed by atoms with Gasteiger partial charge in [0, 0.05) is 43.9 Å². The number of aromatic nitrogens is 1. The molecule has 2 saturated heterocycles. The molecule has 0 bridgehead atoms. The largest absolute Gasteiger partial charge is 0.378 e. The van der Waals surface area contributed by atoms with E-state index in [1.807, 2.05) is 29.3 Å².